The van der Waals surface area contributed by atoms with E-state index in [1.54, 1.807) is 12.1 Å². The summed E-state index contributed by atoms with van der Waals surface area (Å²) in [5, 5.41) is 8.87. The predicted molar refractivity (Wildman–Crippen MR) is 67.1 cm³/mol. The van der Waals surface area contributed by atoms with E-state index in [4.69, 9.17) is 15.7 Å². The van der Waals surface area contributed by atoms with Crippen LogP contribution in [0, 0.1) is 25.2 Å². The van der Waals surface area contributed by atoms with Gasteiger partial charge in [0.15, 0.2) is 0 Å². The van der Waals surface area contributed by atoms with Gasteiger partial charge in [0.25, 0.3) is 0 Å². The second kappa shape index (κ2) is 4.72. The Labute approximate surface area is 105 Å². The molecule has 0 radical (unpaired) electrons. The molecule has 0 fully saturated rings. The maximum atomic E-state index is 8.87. The molecule has 5 heteroatoms. The van der Waals surface area contributed by atoms with Crippen LogP contribution < -0.4 is 10.5 Å². The van der Waals surface area contributed by atoms with Gasteiger partial charge in [-0.15, -0.1) is 0 Å². The number of hydrogen-bond donors (Lipinski definition) is 1. The summed E-state index contributed by atoms with van der Waals surface area (Å²) in [6, 6.07) is 5.65. The van der Waals surface area contributed by atoms with Crippen LogP contribution in [0.5, 0.6) is 11.6 Å². The Kier molecular flexibility index (Phi) is 3.11. The summed E-state index contributed by atoms with van der Waals surface area (Å²) in [4.78, 5) is 7.93. The first kappa shape index (κ1) is 11.9. The quantitative estimate of drug-likeness (QED) is 0.870. The van der Waals surface area contributed by atoms with E-state index in [9.17, 15) is 0 Å². The number of ether oxygens (including phenoxy) is 1. The van der Waals surface area contributed by atoms with Crippen LogP contribution in [0.15, 0.2) is 24.5 Å². The van der Waals surface area contributed by atoms with E-state index in [0.717, 1.165) is 11.1 Å². The summed E-state index contributed by atoms with van der Waals surface area (Å²) in [6.45, 7) is 3.77. The number of nitrogens with two attached hydrogens (primary N) is 1. The van der Waals surface area contributed by atoms with E-state index in [1.807, 2.05) is 13.8 Å². The van der Waals surface area contributed by atoms with Crippen LogP contribution >= 0.6 is 0 Å². The van der Waals surface area contributed by atoms with Crippen molar-refractivity contribution in [1.82, 2.24) is 9.97 Å². The molecule has 0 spiro atoms. The lowest BCUT2D eigenvalue weighted by molar-refractivity contribution is 0.453. The first-order valence-corrected chi connectivity index (χ1v) is 5.37. The number of hydrogen-bond acceptors (Lipinski definition) is 5. The monoisotopic (exact) mass is 240 g/mol. The Morgan fingerprint density at radius 2 is 1.83 bits per heavy atom. The molecule has 0 amide bonds. The van der Waals surface area contributed by atoms with Gasteiger partial charge < -0.3 is 10.5 Å². The lowest BCUT2D eigenvalue weighted by Crippen LogP contribution is -1.96. The summed E-state index contributed by atoms with van der Waals surface area (Å²) in [7, 11) is 0. The van der Waals surface area contributed by atoms with Crippen LogP contribution in [0.2, 0.25) is 0 Å². The van der Waals surface area contributed by atoms with Gasteiger partial charge in [-0.3, -0.25) is 0 Å². The van der Waals surface area contributed by atoms with Crippen molar-refractivity contribution in [3.8, 4) is 17.7 Å². The maximum absolute atomic E-state index is 8.87. The topological polar surface area (TPSA) is 84.8 Å². The standard InChI is InChI=1S/C13H12N4O/c1-8-3-10(5-14)4-9(2)13(8)18-12-7-16-11(15)6-17-12/h3-4,6-7H,1-2H3,(H2,15,16). The van der Waals surface area contributed by atoms with Gasteiger partial charge in [-0.25, -0.2) is 9.97 Å². The van der Waals surface area contributed by atoms with Gasteiger partial charge in [0.1, 0.15) is 11.6 Å². The molecule has 0 bridgehead atoms. The number of rotatable bonds is 2. The Morgan fingerprint density at radius 1 is 1.17 bits per heavy atom. The fourth-order valence-corrected chi connectivity index (χ4v) is 1.66. The van der Waals surface area contributed by atoms with Crippen molar-refractivity contribution in [2.45, 2.75) is 13.8 Å². The molecule has 2 rings (SSSR count). The predicted octanol–water partition coefficient (Wildman–Crippen LogP) is 2.34. The highest BCUT2D eigenvalue weighted by Gasteiger charge is 2.08. The average Bonchev–Trinajstić information content (AvgIpc) is 2.35. The van der Waals surface area contributed by atoms with Crippen LogP contribution in [-0.2, 0) is 0 Å². The van der Waals surface area contributed by atoms with Gasteiger partial charge in [0.2, 0.25) is 5.88 Å². The molecule has 1 aromatic heterocycles. The summed E-state index contributed by atoms with van der Waals surface area (Å²) in [5.74, 6) is 1.41. The van der Waals surface area contributed by atoms with Gasteiger partial charge in [-0.1, -0.05) is 0 Å². The minimum Gasteiger partial charge on any atom is -0.437 e. The molecule has 5 nitrogen and oxygen atoms in total. The third-order valence-electron chi connectivity index (χ3n) is 2.44. The molecule has 2 aromatic rings. The zero-order valence-corrected chi connectivity index (χ0v) is 10.1. The van der Waals surface area contributed by atoms with E-state index in [2.05, 4.69) is 16.0 Å². The van der Waals surface area contributed by atoms with Crippen molar-refractivity contribution in [1.29, 1.82) is 5.26 Å². The minimum absolute atomic E-state index is 0.343. The first-order chi connectivity index (χ1) is 8.60. The Morgan fingerprint density at radius 3 is 2.33 bits per heavy atom. The smallest absolute Gasteiger partial charge is 0.238 e. The SMILES string of the molecule is Cc1cc(C#N)cc(C)c1Oc1cnc(N)cn1. The van der Waals surface area contributed by atoms with Crippen molar-refractivity contribution < 1.29 is 4.74 Å². The largest absolute Gasteiger partial charge is 0.437 e. The minimum atomic E-state index is 0.343. The molecular weight excluding hydrogens is 228 g/mol. The van der Waals surface area contributed by atoms with Crippen molar-refractivity contribution in [2.75, 3.05) is 5.73 Å². The van der Waals surface area contributed by atoms with Crippen LogP contribution in [0.4, 0.5) is 5.82 Å². The highest BCUT2D eigenvalue weighted by atomic mass is 16.5. The summed E-state index contributed by atoms with van der Waals surface area (Å²) in [5.41, 5.74) is 7.82. The van der Waals surface area contributed by atoms with E-state index < -0.39 is 0 Å². The molecule has 0 aliphatic rings. The fraction of sp³-hybridized carbons (Fsp3) is 0.154. The van der Waals surface area contributed by atoms with Crippen molar-refractivity contribution in [3.05, 3.63) is 41.2 Å². The zero-order valence-electron chi connectivity index (χ0n) is 10.1. The van der Waals surface area contributed by atoms with E-state index >= 15 is 0 Å². The number of aryl methyl sites for hydroxylation is 2. The normalized spacial score (nSPS) is 9.83. The number of anilines is 1. The van der Waals surface area contributed by atoms with Gasteiger partial charge in [-0.05, 0) is 37.1 Å². The van der Waals surface area contributed by atoms with Gasteiger partial charge in [0.05, 0.1) is 24.0 Å². The molecule has 0 saturated heterocycles. The molecule has 1 aromatic carbocycles. The number of benzene rings is 1. The summed E-state index contributed by atoms with van der Waals surface area (Å²) < 4.78 is 5.66. The third kappa shape index (κ3) is 2.38. The third-order valence-corrected chi connectivity index (χ3v) is 2.44. The van der Waals surface area contributed by atoms with Gasteiger partial charge >= 0.3 is 0 Å². The number of aromatic nitrogens is 2. The highest BCUT2D eigenvalue weighted by molar-refractivity contribution is 5.48. The highest BCUT2D eigenvalue weighted by Crippen LogP contribution is 2.28. The van der Waals surface area contributed by atoms with E-state index in [1.165, 1.54) is 12.4 Å². The van der Waals surface area contributed by atoms with E-state index in [-0.39, 0.29) is 0 Å². The Hall–Kier alpha value is -2.61. The molecule has 0 atom stereocenters. The summed E-state index contributed by atoms with van der Waals surface area (Å²) >= 11 is 0. The molecule has 0 saturated carbocycles. The lowest BCUT2D eigenvalue weighted by Gasteiger charge is -2.11. The molecule has 0 aliphatic heterocycles. The average molecular weight is 240 g/mol. The zero-order chi connectivity index (χ0) is 13.1. The number of nitrogen functional groups attached to an aromatic ring is 1. The first-order valence-electron chi connectivity index (χ1n) is 5.37. The Bertz CT molecular complexity index is 591. The van der Waals surface area contributed by atoms with Gasteiger partial charge in [-0.2, -0.15) is 5.26 Å². The van der Waals surface area contributed by atoms with Crippen LogP contribution in [-0.4, -0.2) is 9.97 Å². The fourth-order valence-electron chi connectivity index (χ4n) is 1.66. The molecule has 2 N–H and O–H groups in total. The second-order valence-corrected chi connectivity index (χ2v) is 3.93. The molecule has 0 unspecified atom stereocenters. The molecular formula is C13H12N4O. The van der Waals surface area contributed by atoms with Crippen LogP contribution in [0.1, 0.15) is 16.7 Å². The summed E-state index contributed by atoms with van der Waals surface area (Å²) in [6.07, 6.45) is 2.90. The second-order valence-electron chi connectivity index (χ2n) is 3.93. The van der Waals surface area contributed by atoms with Crippen molar-refractivity contribution in [3.63, 3.8) is 0 Å². The lowest BCUT2D eigenvalue weighted by atomic mass is 10.1. The maximum Gasteiger partial charge on any atom is 0.238 e. The Balaban J connectivity index is 2.35. The number of nitriles is 1. The molecule has 90 valence electrons. The van der Waals surface area contributed by atoms with Crippen molar-refractivity contribution in [2.24, 2.45) is 0 Å². The van der Waals surface area contributed by atoms with E-state index in [0.29, 0.717) is 23.0 Å². The van der Waals surface area contributed by atoms with Crippen molar-refractivity contribution >= 4 is 5.82 Å². The van der Waals surface area contributed by atoms with Crippen LogP contribution in [0.3, 0.4) is 0 Å². The van der Waals surface area contributed by atoms with Gasteiger partial charge in [0, 0.05) is 0 Å². The number of nitrogens with zero attached hydrogens (tertiary/aromatic N) is 3. The molecule has 0 aliphatic carbocycles. The molecule has 18 heavy (non-hydrogen) atoms. The van der Waals surface area contributed by atoms with Crippen LogP contribution in [0.25, 0.3) is 0 Å². The molecule has 1 heterocycles.